The molecule has 1 amide bonds. The highest BCUT2D eigenvalue weighted by atomic mass is 16.2. The Morgan fingerprint density at radius 2 is 2.00 bits per heavy atom. The number of amides is 1. The number of nitrogens with zero attached hydrogens (tertiary/aromatic N) is 1. The van der Waals surface area contributed by atoms with Gasteiger partial charge in [-0.3, -0.25) is 4.79 Å². The Kier molecular flexibility index (Phi) is 5.00. The minimum absolute atomic E-state index is 0.181. The number of carbonyl (C=O) groups is 1. The molecule has 0 radical (unpaired) electrons. The largest absolute Gasteiger partial charge is 0.345 e. The van der Waals surface area contributed by atoms with Crippen LogP contribution >= 0.6 is 0 Å². The van der Waals surface area contributed by atoms with Gasteiger partial charge in [0.05, 0.1) is 0 Å². The molecule has 1 aliphatic carbocycles. The number of hydrogen-bond acceptors (Lipinski definition) is 2. The van der Waals surface area contributed by atoms with Crippen LogP contribution in [0.4, 0.5) is 0 Å². The topological polar surface area (TPSA) is 46.3 Å². The van der Waals surface area contributed by atoms with Crippen LogP contribution in [-0.4, -0.2) is 30.4 Å². The quantitative estimate of drug-likeness (QED) is 0.724. The molecule has 16 heavy (non-hydrogen) atoms. The van der Waals surface area contributed by atoms with Crippen LogP contribution in [0, 0.1) is 11.8 Å². The van der Waals surface area contributed by atoms with Gasteiger partial charge in [-0.25, -0.2) is 0 Å². The van der Waals surface area contributed by atoms with Crippen LogP contribution in [0.2, 0.25) is 0 Å². The summed E-state index contributed by atoms with van der Waals surface area (Å²) >= 11 is 0. The summed E-state index contributed by atoms with van der Waals surface area (Å²) in [4.78, 5) is 13.8. The van der Waals surface area contributed by atoms with Crippen molar-refractivity contribution in [1.82, 2.24) is 4.90 Å². The van der Waals surface area contributed by atoms with Crippen LogP contribution in [0.1, 0.15) is 33.1 Å². The Balaban J connectivity index is 2.29. The number of hydrogen-bond donors (Lipinski definition) is 1. The third-order valence-electron chi connectivity index (χ3n) is 3.39. The zero-order chi connectivity index (χ0) is 12.1. The summed E-state index contributed by atoms with van der Waals surface area (Å²) in [5.74, 6) is 0.929. The van der Waals surface area contributed by atoms with E-state index >= 15 is 0 Å². The van der Waals surface area contributed by atoms with Gasteiger partial charge >= 0.3 is 0 Å². The molecule has 0 aromatic heterocycles. The summed E-state index contributed by atoms with van der Waals surface area (Å²) in [6, 6.07) is 0.192. The fraction of sp³-hybridized carbons (Fsp3) is 0.769. The van der Waals surface area contributed by atoms with Gasteiger partial charge in [-0.2, -0.15) is 0 Å². The predicted molar refractivity (Wildman–Crippen MR) is 66.9 cm³/mol. The molecular weight excluding hydrogens is 200 g/mol. The SMILES string of the molecule is CC(C)C(N)CCN(C)C(=O)C1CC=CC1. The van der Waals surface area contributed by atoms with Gasteiger partial charge in [-0.05, 0) is 25.2 Å². The lowest BCUT2D eigenvalue weighted by atomic mass is 10.0. The van der Waals surface area contributed by atoms with Crippen molar-refractivity contribution in [1.29, 1.82) is 0 Å². The summed E-state index contributed by atoms with van der Waals surface area (Å²) in [6.07, 6.45) is 6.88. The number of allylic oxidation sites excluding steroid dienone is 2. The molecule has 0 spiro atoms. The second kappa shape index (κ2) is 6.04. The molecule has 0 saturated heterocycles. The van der Waals surface area contributed by atoms with E-state index in [1.165, 1.54) is 0 Å². The number of nitrogens with two attached hydrogens (primary N) is 1. The van der Waals surface area contributed by atoms with Gasteiger partial charge < -0.3 is 10.6 Å². The Bertz CT molecular complexity index is 253. The number of rotatable bonds is 5. The standard InChI is InChI=1S/C13H24N2O/c1-10(2)12(14)8-9-15(3)13(16)11-6-4-5-7-11/h4-5,10-12H,6-9,14H2,1-3H3. The van der Waals surface area contributed by atoms with Crippen molar-refractivity contribution >= 4 is 5.91 Å². The molecule has 0 heterocycles. The predicted octanol–water partition coefficient (Wildman–Crippen LogP) is 1.78. The van der Waals surface area contributed by atoms with Crippen LogP contribution in [0.5, 0.6) is 0 Å². The molecule has 0 saturated carbocycles. The lowest BCUT2D eigenvalue weighted by molar-refractivity contribution is -0.133. The summed E-state index contributed by atoms with van der Waals surface area (Å²) in [6.45, 7) is 5.01. The molecular formula is C13H24N2O. The molecule has 0 fully saturated rings. The molecule has 1 unspecified atom stereocenters. The van der Waals surface area contributed by atoms with Gasteiger partial charge in [-0.1, -0.05) is 26.0 Å². The first-order valence-electron chi connectivity index (χ1n) is 6.18. The fourth-order valence-corrected chi connectivity index (χ4v) is 1.92. The van der Waals surface area contributed by atoms with Crippen LogP contribution in [0.15, 0.2) is 12.2 Å². The summed E-state index contributed by atoms with van der Waals surface area (Å²) < 4.78 is 0. The van der Waals surface area contributed by atoms with E-state index in [9.17, 15) is 4.79 Å². The highest BCUT2D eigenvalue weighted by Gasteiger charge is 2.22. The monoisotopic (exact) mass is 224 g/mol. The van der Waals surface area contributed by atoms with E-state index in [0.29, 0.717) is 5.92 Å². The first-order valence-corrected chi connectivity index (χ1v) is 6.18. The molecule has 0 aromatic rings. The molecule has 1 aliphatic rings. The average molecular weight is 224 g/mol. The molecule has 3 heteroatoms. The minimum Gasteiger partial charge on any atom is -0.345 e. The lowest BCUT2D eigenvalue weighted by Crippen LogP contribution is -2.37. The first kappa shape index (κ1) is 13.2. The molecule has 1 atom stereocenters. The maximum Gasteiger partial charge on any atom is 0.226 e. The van der Waals surface area contributed by atoms with Crippen LogP contribution in [-0.2, 0) is 4.79 Å². The van der Waals surface area contributed by atoms with E-state index < -0.39 is 0 Å². The van der Waals surface area contributed by atoms with Crippen molar-refractivity contribution < 1.29 is 4.79 Å². The Hall–Kier alpha value is -0.830. The van der Waals surface area contributed by atoms with Crippen molar-refractivity contribution in [3.63, 3.8) is 0 Å². The lowest BCUT2D eigenvalue weighted by Gasteiger charge is -2.23. The van der Waals surface area contributed by atoms with Crippen LogP contribution in [0.25, 0.3) is 0 Å². The second-order valence-corrected chi connectivity index (χ2v) is 5.10. The first-order chi connectivity index (χ1) is 7.52. The van der Waals surface area contributed by atoms with E-state index in [2.05, 4.69) is 26.0 Å². The van der Waals surface area contributed by atoms with Gasteiger partial charge in [0, 0.05) is 25.6 Å². The van der Waals surface area contributed by atoms with Crippen molar-refractivity contribution in [2.75, 3.05) is 13.6 Å². The van der Waals surface area contributed by atoms with E-state index in [1.54, 1.807) is 0 Å². The smallest absolute Gasteiger partial charge is 0.226 e. The van der Waals surface area contributed by atoms with Gasteiger partial charge in [0.15, 0.2) is 0 Å². The fourth-order valence-electron chi connectivity index (χ4n) is 1.92. The summed E-state index contributed by atoms with van der Waals surface area (Å²) in [7, 11) is 1.88. The molecule has 2 N–H and O–H groups in total. The maximum atomic E-state index is 12.0. The Labute approximate surface area is 98.7 Å². The van der Waals surface area contributed by atoms with Gasteiger partial charge in [-0.15, -0.1) is 0 Å². The van der Waals surface area contributed by atoms with E-state index in [1.807, 2.05) is 11.9 Å². The van der Waals surface area contributed by atoms with Crippen LogP contribution < -0.4 is 5.73 Å². The molecule has 0 aliphatic heterocycles. The Morgan fingerprint density at radius 3 is 2.50 bits per heavy atom. The Morgan fingerprint density at radius 1 is 1.44 bits per heavy atom. The molecule has 1 rings (SSSR count). The summed E-state index contributed by atoms with van der Waals surface area (Å²) in [5, 5.41) is 0. The van der Waals surface area contributed by atoms with E-state index in [-0.39, 0.29) is 17.9 Å². The minimum atomic E-state index is 0.181. The second-order valence-electron chi connectivity index (χ2n) is 5.10. The normalized spacial score (nSPS) is 18.1. The summed E-state index contributed by atoms with van der Waals surface area (Å²) in [5.41, 5.74) is 5.97. The zero-order valence-electron chi connectivity index (χ0n) is 10.6. The van der Waals surface area contributed by atoms with Crippen LogP contribution in [0.3, 0.4) is 0 Å². The van der Waals surface area contributed by atoms with Gasteiger partial charge in [0.2, 0.25) is 5.91 Å². The molecule has 0 bridgehead atoms. The van der Waals surface area contributed by atoms with E-state index in [4.69, 9.17) is 5.73 Å². The average Bonchev–Trinajstić information content (AvgIpc) is 2.77. The highest BCUT2D eigenvalue weighted by Crippen LogP contribution is 2.20. The zero-order valence-corrected chi connectivity index (χ0v) is 10.6. The third kappa shape index (κ3) is 3.63. The van der Waals surface area contributed by atoms with Crippen molar-refractivity contribution in [3.05, 3.63) is 12.2 Å². The van der Waals surface area contributed by atoms with Gasteiger partial charge in [0.1, 0.15) is 0 Å². The van der Waals surface area contributed by atoms with Crippen molar-refractivity contribution in [2.45, 2.75) is 39.2 Å². The van der Waals surface area contributed by atoms with Crippen molar-refractivity contribution in [3.8, 4) is 0 Å². The molecule has 3 nitrogen and oxygen atoms in total. The number of carbonyl (C=O) groups excluding carboxylic acids is 1. The third-order valence-corrected chi connectivity index (χ3v) is 3.39. The van der Waals surface area contributed by atoms with Gasteiger partial charge in [0.25, 0.3) is 0 Å². The molecule has 92 valence electrons. The van der Waals surface area contributed by atoms with Crippen molar-refractivity contribution in [2.24, 2.45) is 17.6 Å². The highest BCUT2D eigenvalue weighted by molar-refractivity contribution is 5.79. The molecule has 0 aromatic carbocycles. The van der Waals surface area contributed by atoms with E-state index in [0.717, 1.165) is 25.8 Å². The maximum absolute atomic E-state index is 12.0.